The van der Waals surface area contributed by atoms with Crippen molar-refractivity contribution in [2.24, 2.45) is 11.8 Å². The van der Waals surface area contributed by atoms with E-state index in [1.807, 2.05) is 42.5 Å². The Bertz CT molecular complexity index is 1200. The predicted molar refractivity (Wildman–Crippen MR) is 152 cm³/mol. The summed E-state index contributed by atoms with van der Waals surface area (Å²) >= 11 is 0. The lowest BCUT2D eigenvalue weighted by atomic mass is 10.1. The number of hydrogen-bond donors (Lipinski definition) is 0. The molecule has 3 atom stereocenters. The number of carbonyl (C=O) groups excluding carboxylic acids is 2. The molecule has 1 heterocycles. The van der Waals surface area contributed by atoms with Crippen molar-refractivity contribution in [2.75, 3.05) is 13.2 Å². The van der Waals surface area contributed by atoms with Crippen LogP contribution in [0.5, 0.6) is 0 Å². The van der Waals surface area contributed by atoms with Gasteiger partial charge in [-0.2, -0.15) is 0 Å². The summed E-state index contributed by atoms with van der Waals surface area (Å²) in [6, 6.07) is 31.0. The summed E-state index contributed by atoms with van der Waals surface area (Å²) in [5.74, 6) is 0.407. The summed E-state index contributed by atoms with van der Waals surface area (Å²) in [6.45, 7) is 7.70. The molecule has 3 aromatic carbocycles. The largest absolute Gasteiger partial charge is 0.447 e. The molecule has 0 aromatic heterocycles. The molecular weight excluding hydrogens is 490 g/mol. The summed E-state index contributed by atoms with van der Waals surface area (Å²) in [5, 5.41) is 2.44. The fourth-order valence-electron chi connectivity index (χ4n) is 5.88. The molecule has 2 aliphatic rings. The van der Waals surface area contributed by atoms with Crippen LogP contribution in [0.2, 0.25) is 5.04 Å². The molecule has 1 aliphatic heterocycles. The van der Waals surface area contributed by atoms with Crippen LogP contribution in [-0.4, -0.2) is 44.5 Å². The molecule has 1 aliphatic carbocycles. The van der Waals surface area contributed by atoms with Gasteiger partial charge in [-0.1, -0.05) is 112 Å². The van der Waals surface area contributed by atoms with Gasteiger partial charge in [0.25, 0.3) is 8.32 Å². The Kier molecular flexibility index (Phi) is 7.55. The van der Waals surface area contributed by atoms with Crippen molar-refractivity contribution < 1.29 is 18.8 Å². The van der Waals surface area contributed by atoms with Crippen LogP contribution in [0.15, 0.2) is 91.0 Å². The molecule has 1 saturated carbocycles. The van der Waals surface area contributed by atoms with Gasteiger partial charge in [0.1, 0.15) is 6.61 Å². The molecule has 0 spiro atoms. The summed E-state index contributed by atoms with van der Waals surface area (Å²) in [5.41, 5.74) is 1.09. The standard InChI is InChI=1S/C32H37NO4Si/c1-32(2,3)38(28-15-9-5-10-16-28,29-17-11-6-12-18-29)37-22-26-20-25(26)21-30(34)33-27(23-36-31(33)35)19-24-13-7-4-8-14-24/h4-18,25-27H,19-23H2,1-3H3/t25-,26+,27+/m0/s1. The Morgan fingerprint density at radius 3 is 2.00 bits per heavy atom. The minimum atomic E-state index is -2.60. The Morgan fingerprint density at radius 1 is 0.895 bits per heavy atom. The maximum atomic E-state index is 13.2. The van der Waals surface area contributed by atoms with Gasteiger partial charge in [0.05, 0.1) is 6.04 Å². The number of carbonyl (C=O) groups is 2. The van der Waals surface area contributed by atoms with E-state index >= 15 is 0 Å². The van der Waals surface area contributed by atoms with Crippen LogP contribution < -0.4 is 10.4 Å². The molecule has 0 bridgehead atoms. The van der Waals surface area contributed by atoms with Crippen molar-refractivity contribution in [3.05, 3.63) is 96.6 Å². The topological polar surface area (TPSA) is 55.8 Å². The van der Waals surface area contributed by atoms with E-state index in [9.17, 15) is 9.59 Å². The molecule has 2 fully saturated rings. The van der Waals surface area contributed by atoms with Crippen molar-refractivity contribution in [1.82, 2.24) is 4.90 Å². The van der Waals surface area contributed by atoms with Crippen LogP contribution in [0.3, 0.4) is 0 Å². The van der Waals surface area contributed by atoms with Gasteiger partial charge in [0.2, 0.25) is 5.91 Å². The Balaban J connectivity index is 1.27. The van der Waals surface area contributed by atoms with Gasteiger partial charge in [-0.3, -0.25) is 4.79 Å². The number of nitrogens with zero attached hydrogens (tertiary/aromatic N) is 1. The molecule has 38 heavy (non-hydrogen) atoms. The first-order valence-electron chi connectivity index (χ1n) is 13.6. The van der Waals surface area contributed by atoms with E-state index in [1.54, 1.807) is 0 Å². The summed E-state index contributed by atoms with van der Waals surface area (Å²) < 4.78 is 12.3. The first kappa shape index (κ1) is 26.4. The minimum absolute atomic E-state index is 0.0835. The van der Waals surface area contributed by atoms with Crippen LogP contribution in [0.1, 0.15) is 39.2 Å². The molecule has 198 valence electrons. The number of imide groups is 1. The predicted octanol–water partition coefficient (Wildman–Crippen LogP) is 5.18. The molecule has 0 radical (unpaired) electrons. The third-order valence-corrected chi connectivity index (χ3v) is 13.0. The minimum Gasteiger partial charge on any atom is -0.447 e. The highest BCUT2D eigenvalue weighted by Crippen LogP contribution is 2.44. The molecule has 3 aromatic rings. The lowest BCUT2D eigenvalue weighted by Gasteiger charge is -2.43. The van der Waals surface area contributed by atoms with E-state index in [0.29, 0.717) is 25.4 Å². The average molecular weight is 528 g/mol. The number of cyclic esters (lactones) is 1. The van der Waals surface area contributed by atoms with E-state index < -0.39 is 14.4 Å². The van der Waals surface area contributed by atoms with Crippen molar-refractivity contribution >= 4 is 30.7 Å². The molecule has 0 unspecified atom stereocenters. The van der Waals surface area contributed by atoms with Gasteiger partial charge in [-0.05, 0) is 45.7 Å². The number of hydrogen-bond acceptors (Lipinski definition) is 4. The molecule has 0 N–H and O–H groups in total. The van der Waals surface area contributed by atoms with Crippen molar-refractivity contribution in [2.45, 2.75) is 51.1 Å². The number of rotatable bonds is 9. The van der Waals surface area contributed by atoms with E-state index in [-0.39, 0.29) is 29.5 Å². The van der Waals surface area contributed by atoms with Crippen molar-refractivity contribution in [1.29, 1.82) is 0 Å². The second-order valence-corrected chi connectivity index (χ2v) is 15.9. The number of benzene rings is 3. The SMILES string of the molecule is CC(C)(C)[Si](OC[C@H]1C[C@H]1CC(=O)N1C(=O)OC[C@H]1Cc1ccccc1)(c1ccccc1)c1ccccc1. The highest BCUT2D eigenvalue weighted by Gasteiger charge is 2.52. The van der Waals surface area contributed by atoms with Gasteiger partial charge in [0, 0.05) is 13.0 Å². The summed E-state index contributed by atoms with van der Waals surface area (Å²) in [7, 11) is -2.60. The van der Waals surface area contributed by atoms with Crippen molar-refractivity contribution in [3.8, 4) is 0 Å². The normalized spacial score (nSPS) is 21.3. The van der Waals surface area contributed by atoms with Crippen LogP contribution in [-0.2, 0) is 20.4 Å². The zero-order chi connectivity index (χ0) is 26.8. The molecule has 5 nitrogen and oxygen atoms in total. The Hall–Kier alpha value is -3.22. The van der Waals surface area contributed by atoms with E-state index in [1.165, 1.54) is 15.3 Å². The number of amides is 2. The average Bonchev–Trinajstić information content (AvgIpc) is 3.55. The second kappa shape index (κ2) is 10.9. The third-order valence-electron chi connectivity index (χ3n) is 7.98. The quantitative estimate of drug-likeness (QED) is 0.360. The van der Waals surface area contributed by atoms with E-state index in [4.69, 9.17) is 9.16 Å². The maximum absolute atomic E-state index is 13.2. The van der Waals surface area contributed by atoms with Gasteiger partial charge < -0.3 is 9.16 Å². The molecule has 5 rings (SSSR count). The first-order chi connectivity index (χ1) is 18.3. The molecule has 2 amide bonds. The van der Waals surface area contributed by atoms with Gasteiger partial charge in [0.15, 0.2) is 0 Å². The van der Waals surface area contributed by atoms with Gasteiger partial charge in [-0.15, -0.1) is 0 Å². The highest BCUT2D eigenvalue weighted by atomic mass is 28.4. The second-order valence-electron chi connectivity index (χ2n) is 11.6. The van der Waals surface area contributed by atoms with Gasteiger partial charge in [-0.25, -0.2) is 9.69 Å². The lowest BCUT2D eigenvalue weighted by Crippen LogP contribution is -2.66. The van der Waals surface area contributed by atoms with Crippen molar-refractivity contribution in [3.63, 3.8) is 0 Å². The molecular formula is C32H37NO4Si. The monoisotopic (exact) mass is 527 g/mol. The fraction of sp³-hybridized carbons (Fsp3) is 0.375. The van der Waals surface area contributed by atoms with E-state index in [2.05, 4.69) is 69.3 Å². The van der Waals surface area contributed by atoms with Crippen LogP contribution in [0, 0.1) is 11.8 Å². The third kappa shape index (κ3) is 5.33. The summed E-state index contributed by atoms with van der Waals surface area (Å²) in [6.07, 6.45) is 1.39. The summed E-state index contributed by atoms with van der Waals surface area (Å²) in [4.78, 5) is 27.0. The number of ether oxygens (including phenoxy) is 1. The van der Waals surface area contributed by atoms with Gasteiger partial charge >= 0.3 is 6.09 Å². The zero-order valence-corrected chi connectivity index (χ0v) is 23.5. The lowest BCUT2D eigenvalue weighted by molar-refractivity contribution is -0.129. The van der Waals surface area contributed by atoms with Crippen LogP contribution in [0.4, 0.5) is 4.79 Å². The zero-order valence-electron chi connectivity index (χ0n) is 22.5. The molecule has 6 heteroatoms. The van der Waals surface area contributed by atoms with Crippen LogP contribution >= 0.6 is 0 Å². The fourth-order valence-corrected chi connectivity index (χ4v) is 10.5. The Morgan fingerprint density at radius 2 is 1.45 bits per heavy atom. The smallest absolute Gasteiger partial charge is 0.416 e. The first-order valence-corrected chi connectivity index (χ1v) is 15.5. The van der Waals surface area contributed by atoms with Crippen LogP contribution in [0.25, 0.3) is 0 Å². The maximum Gasteiger partial charge on any atom is 0.416 e. The highest BCUT2D eigenvalue weighted by molar-refractivity contribution is 6.99. The van der Waals surface area contributed by atoms with E-state index in [0.717, 1.165) is 12.0 Å². The Labute approximate surface area is 226 Å². The molecule has 1 saturated heterocycles.